The fourth-order valence-corrected chi connectivity index (χ4v) is 3.84. The van der Waals surface area contributed by atoms with Crippen molar-refractivity contribution in [2.75, 3.05) is 6.54 Å². The number of imidazole rings is 2. The van der Waals surface area contributed by atoms with E-state index in [9.17, 15) is 0 Å². The van der Waals surface area contributed by atoms with Gasteiger partial charge in [0.05, 0.1) is 41.6 Å². The highest BCUT2D eigenvalue weighted by Crippen LogP contribution is 2.27. The third-order valence-electron chi connectivity index (χ3n) is 5.58. The van der Waals surface area contributed by atoms with E-state index >= 15 is 0 Å². The Kier molecular flexibility index (Phi) is 4.90. The molecule has 2 atom stereocenters. The standard InChI is InChI=1S/C23H25N7/c1-14(24)22-27-12-20(29-22)16-6-4-15(5-7-16)18-9-8-17(11-26-18)21-13-28-23(30-21)19-3-2-10-25-19/h4-9,11-14,19,25H,2-3,10,24H2,1H3,(H,27,29)(H,28,30)/t14-,19-/m0/s1. The summed E-state index contributed by atoms with van der Waals surface area (Å²) in [5.74, 6) is 1.80. The van der Waals surface area contributed by atoms with Crippen molar-refractivity contribution in [3.8, 4) is 33.8 Å². The van der Waals surface area contributed by atoms with E-state index in [1.54, 1.807) is 0 Å². The van der Waals surface area contributed by atoms with Crippen LogP contribution in [-0.2, 0) is 0 Å². The smallest absolute Gasteiger partial charge is 0.123 e. The van der Waals surface area contributed by atoms with Crippen molar-refractivity contribution in [3.63, 3.8) is 0 Å². The Hall–Kier alpha value is -3.29. The topological polar surface area (TPSA) is 108 Å². The van der Waals surface area contributed by atoms with Gasteiger partial charge >= 0.3 is 0 Å². The van der Waals surface area contributed by atoms with E-state index in [4.69, 9.17) is 5.73 Å². The molecule has 0 aliphatic carbocycles. The second kappa shape index (κ2) is 7.85. The van der Waals surface area contributed by atoms with Gasteiger partial charge in [-0.2, -0.15) is 0 Å². The zero-order valence-corrected chi connectivity index (χ0v) is 16.9. The summed E-state index contributed by atoms with van der Waals surface area (Å²) in [5, 5.41) is 3.47. The van der Waals surface area contributed by atoms with Gasteiger partial charge in [-0.25, -0.2) is 9.97 Å². The highest BCUT2D eigenvalue weighted by Gasteiger charge is 2.19. The van der Waals surface area contributed by atoms with Crippen LogP contribution in [0.3, 0.4) is 0 Å². The maximum atomic E-state index is 5.88. The molecule has 0 unspecified atom stereocenters. The summed E-state index contributed by atoms with van der Waals surface area (Å²) >= 11 is 0. The van der Waals surface area contributed by atoms with E-state index in [2.05, 4.69) is 60.6 Å². The van der Waals surface area contributed by atoms with Crippen molar-refractivity contribution in [2.45, 2.75) is 31.8 Å². The van der Waals surface area contributed by atoms with Crippen LogP contribution in [0.4, 0.5) is 0 Å². The first kappa shape index (κ1) is 18.7. The van der Waals surface area contributed by atoms with Crippen molar-refractivity contribution < 1.29 is 0 Å². The van der Waals surface area contributed by atoms with Gasteiger partial charge < -0.3 is 21.0 Å². The van der Waals surface area contributed by atoms with E-state index in [1.165, 1.54) is 6.42 Å². The maximum absolute atomic E-state index is 5.88. The van der Waals surface area contributed by atoms with E-state index < -0.39 is 0 Å². The molecule has 4 heterocycles. The lowest BCUT2D eigenvalue weighted by atomic mass is 10.1. The zero-order valence-electron chi connectivity index (χ0n) is 16.9. The van der Waals surface area contributed by atoms with Gasteiger partial charge in [-0.3, -0.25) is 4.98 Å². The number of pyridine rings is 1. The Balaban J connectivity index is 1.32. The lowest BCUT2D eigenvalue weighted by Gasteiger charge is -2.06. The molecule has 7 heteroatoms. The van der Waals surface area contributed by atoms with Gasteiger partial charge in [0.2, 0.25) is 0 Å². The van der Waals surface area contributed by atoms with Crippen molar-refractivity contribution in [3.05, 3.63) is 66.6 Å². The Morgan fingerprint density at radius 3 is 2.27 bits per heavy atom. The monoisotopic (exact) mass is 399 g/mol. The molecule has 5 N–H and O–H groups in total. The van der Waals surface area contributed by atoms with Crippen LogP contribution < -0.4 is 11.1 Å². The van der Waals surface area contributed by atoms with Gasteiger partial charge in [0.15, 0.2) is 0 Å². The summed E-state index contributed by atoms with van der Waals surface area (Å²) in [4.78, 5) is 20.2. The van der Waals surface area contributed by atoms with Crippen molar-refractivity contribution in [1.82, 2.24) is 30.2 Å². The van der Waals surface area contributed by atoms with Gasteiger partial charge in [-0.15, -0.1) is 0 Å². The fourth-order valence-electron chi connectivity index (χ4n) is 3.84. The van der Waals surface area contributed by atoms with Crippen LogP contribution in [0.5, 0.6) is 0 Å². The average molecular weight is 400 g/mol. The lowest BCUT2D eigenvalue weighted by molar-refractivity contribution is 0.613. The van der Waals surface area contributed by atoms with Crippen LogP contribution in [0, 0.1) is 0 Å². The molecule has 4 aromatic rings. The number of hydrogen-bond donors (Lipinski definition) is 4. The number of aromatic nitrogens is 5. The number of hydrogen-bond acceptors (Lipinski definition) is 5. The van der Waals surface area contributed by atoms with Crippen LogP contribution in [0.15, 0.2) is 55.0 Å². The average Bonchev–Trinajstić information content (AvgIpc) is 3.55. The largest absolute Gasteiger partial charge is 0.341 e. The summed E-state index contributed by atoms with van der Waals surface area (Å²) in [5.41, 5.74) is 11.9. The van der Waals surface area contributed by atoms with E-state index in [0.717, 1.165) is 58.4 Å². The van der Waals surface area contributed by atoms with Crippen molar-refractivity contribution in [2.24, 2.45) is 5.73 Å². The Labute approximate surface area is 175 Å². The summed E-state index contributed by atoms with van der Waals surface area (Å²) in [6.45, 7) is 2.97. The molecule has 0 amide bonds. The van der Waals surface area contributed by atoms with Gasteiger partial charge in [-0.05, 0) is 44.0 Å². The minimum absolute atomic E-state index is 0.110. The second-order valence-electron chi connectivity index (χ2n) is 7.81. The SMILES string of the molecule is C[C@H](N)c1ncc(-c2ccc(-c3ccc(-c4cnc([C@@H]5CCCN5)[nH]4)cn3)cc2)[nH]1. The van der Waals surface area contributed by atoms with Crippen LogP contribution >= 0.6 is 0 Å². The van der Waals surface area contributed by atoms with E-state index in [0.29, 0.717) is 6.04 Å². The molecule has 0 bridgehead atoms. The first-order valence-corrected chi connectivity index (χ1v) is 10.3. The Bertz CT molecular complexity index is 1120. The van der Waals surface area contributed by atoms with Gasteiger partial charge in [0.1, 0.15) is 11.6 Å². The molecule has 1 aliphatic heterocycles. The zero-order chi connectivity index (χ0) is 20.5. The van der Waals surface area contributed by atoms with Crippen LogP contribution in [-0.4, -0.2) is 31.5 Å². The third-order valence-corrected chi connectivity index (χ3v) is 5.58. The Morgan fingerprint density at radius 2 is 1.60 bits per heavy atom. The highest BCUT2D eigenvalue weighted by molar-refractivity contribution is 5.68. The maximum Gasteiger partial charge on any atom is 0.123 e. The number of H-pyrrole nitrogens is 2. The number of benzene rings is 1. The number of aromatic amines is 2. The fraction of sp³-hybridized carbons (Fsp3) is 0.261. The van der Waals surface area contributed by atoms with Crippen LogP contribution in [0.1, 0.15) is 43.5 Å². The molecule has 5 rings (SSSR count). The summed E-state index contributed by atoms with van der Waals surface area (Å²) in [7, 11) is 0. The van der Waals surface area contributed by atoms with Crippen LogP contribution in [0.25, 0.3) is 33.8 Å². The van der Waals surface area contributed by atoms with E-state index in [-0.39, 0.29) is 6.04 Å². The minimum atomic E-state index is -0.110. The van der Waals surface area contributed by atoms with Crippen LogP contribution in [0.2, 0.25) is 0 Å². The normalized spacial score (nSPS) is 17.3. The predicted molar refractivity (Wildman–Crippen MR) is 117 cm³/mol. The highest BCUT2D eigenvalue weighted by atomic mass is 15.0. The number of nitrogens with two attached hydrogens (primary N) is 1. The summed E-state index contributed by atoms with van der Waals surface area (Å²) < 4.78 is 0. The van der Waals surface area contributed by atoms with Gasteiger partial charge in [-0.1, -0.05) is 24.3 Å². The van der Waals surface area contributed by atoms with Gasteiger partial charge in [0, 0.05) is 17.3 Å². The molecular formula is C23H25N7. The molecule has 1 fully saturated rings. The predicted octanol–water partition coefficient (Wildman–Crippen LogP) is 3.97. The van der Waals surface area contributed by atoms with Crippen molar-refractivity contribution >= 4 is 0 Å². The number of rotatable bonds is 5. The molecule has 0 radical (unpaired) electrons. The molecule has 1 aliphatic rings. The molecular weight excluding hydrogens is 374 g/mol. The molecule has 3 aromatic heterocycles. The summed E-state index contributed by atoms with van der Waals surface area (Å²) in [6, 6.07) is 12.6. The molecule has 30 heavy (non-hydrogen) atoms. The quantitative estimate of drug-likeness (QED) is 0.406. The molecule has 0 spiro atoms. The summed E-state index contributed by atoms with van der Waals surface area (Å²) in [6.07, 6.45) is 7.93. The van der Waals surface area contributed by atoms with Gasteiger partial charge in [0.25, 0.3) is 0 Å². The molecule has 7 nitrogen and oxygen atoms in total. The first-order chi connectivity index (χ1) is 14.7. The molecule has 1 aromatic carbocycles. The van der Waals surface area contributed by atoms with Crippen molar-refractivity contribution in [1.29, 1.82) is 0 Å². The lowest BCUT2D eigenvalue weighted by Crippen LogP contribution is -2.14. The molecule has 1 saturated heterocycles. The third kappa shape index (κ3) is 3.65. The first-order valence-electron chi connectivity index (χ1n) is 10.3. The minimum Gasteiger partial charge on any atom is -0.341 e. The number of nitrogens with zero attached hydrogens (tertiary/aromatic N) is 3. The Morgan fingerprint density at radius 1 is 0.867 bits per heavy atom. The van der Waals surface area contributed by atoms with E-state index in [1.807, 2.05) is 31.6 Å². The molecule has 0 saturated carbocycles. The molecule has 152 valence electrons. The number of nitrogens with one attached hydrogen (secondary N) is 3. The second-order valence-corrected chi connectivity index (χ2v) is 7.81.